The minimum atomic E-state index is -0.249. The van der Waals surface area contributed by atoms with Gasteiger partial charge in [0.25, 0.3) is 0 Å². The first kappa shape index (κ1) is 29.2. The Bertz CT molecular complexity index is 1710. The third-order valence-corrected chi connectivity index (χ3v) is 6.20. The molecule has 0 saturated heterocycles. The summed E-state index contributed by atoms with van der Waals surface area (Å²) < 4.78 is 10.8. The van der Waals surface area contributed by atoms with Gasteiger partial charge in [0.2, 0.25) is 0 Å². The Morgan fingerprint density at radius 3 is 2.07 bits per heavy atom. The van der Waals surface area contributed by atoms with Crippen LogP contribution < -0.4 is 14.6 Å². The van der Waals surface area contributed by atoms with Gasteiger partial charge in [-0.15, -0.1) is 35.4 Å². The van der Waals surface area contributed by atoms with Gasteiger partial charge in [-0.1, -0.05) is 36.1 Å². The van der Waals surface area contributed by atoms with E-state index in [4.69, 9.17) is 9.47 Å². The largest absolute Gasteiger partial charge is 0.871 e. The number of hydrogen-bond donors (Lipinski definition) is 1. The van der Waals surface area contributed by atoms with E-state index in [2.05, 4.69) is 39.2 Å². The van der Waals surface area contributed by atoms with Crippen molar-refractivity contribution in [2.24, 2.45) is 0 Å². The SMILES string of the molecule is COc1cc(OC)cc(-c2cc[c-]c(-c3nccc4ccccc34)c2)c1.[Ir].[O-]c1cccnc1-c1ncccc1O. The Morgan fingerprint density at radius 2 is 1.37 bits per heavy atom. The fourth-order valence-corrected chi connectivity index (χ4v) is 4.24. The van der Waals surface area contributed by atoms with E-state index in [0.29, 0.717) is 0 Å². The second-order valence-electron chi connectivity index (χ2n) is 8.69. The van der Waals surface area contributed by atoms with Crippen molar-refractivity contribution in [3.63, 3.8) is 0 Å². The summed E-state index contributed by atoms with van der Waals surface area (Å²) in [5.74, 6) is 1.24. The average Bonchev–Trinajstić information content (AvgIpc) is 3.01. The summed E-state index contributed by atoms with van der Waals surface area (Å²) in [5.41, 5.74) is 4.37. The van der Waals surface area contributed by atoms with Crippen molar-refractivity contribution < 1.29 is 39.8 Å². The number of nitrogens with zero attached hydrogens (tertiary/aromatic N) is 3. The molecule has 41 heavy (non-hydrogen) atoms. The zero-order valence-electron chi connectivity index (χ0n) is 22.2. The van der Waals surface area contributed by atoms with Crippen LogP contribution in [0.15, 0.2) is 110 Å². The molecule has 0 aliphatic heterocycles. The molecular formula is C33H25IrN3O4-2. The van der Waals surface area contributed by atoms with Crippen molar-refractivity contribution in [3.8, 4) is 56.8 Å². The van der Waals surface area contributed by atoms with Gasteiger partial charge in [-0.05, 0) is 58.4 Å². The molecule has 0 spiro atoms. The Labute approximate surface area is 251 Å². The van der Waals surface area contributed by atoms with E-state index in [9.17, 15) is 10.2 Å². The molecule has 3 heterocycles. The third kappa shape index (κ3) is 6.69. The van der Waals surface area contributed by atoms with Crippen LogP contribution in [0.3, 0.4) is 0 Å². The topological polar surface area (TPSA) is 100 Å². The van der Waals surface area contributed by atoms with E-state index >= 15 is 0 Å². The summed E-state index contributed by atoms with van der Waals surface area (Å²) in [6.07, 6.45) is 4.83. The average molecular weight is 720 g/mol. The van der Waals surface area contributed by atoms with Gasteiger partial charge < -0.3 is 24.7 Å². The van der Waals surface area contributed by atoms with Crippen LogP contribution in [0.2, 0.25) is 0 Å². The van der Waals surface area contributed by atoms with Crippen molar-refractivity contribution in [2.45, 2.75) is 0 Å². The summed E-state index contributed by atoms with van der Waals surface area (Å²) in [4.78, 5) is 12.4. The number of ether oxygens (including phenoxy) is 2. The van der Waals surface area contributed by atoms with E-state index in [1.165, 1.54) is 29.9 Å². The smallest absolute Gasteiger partial charge is 0.143 e. The van der Waals surface area contributed by atoms with Crippen molar-refractivity contribution in [2.75, 3.05) is 14.2 Å². The molecule has 0 fully saturated rings. The number of methoxy groups -OCH3 is 2. The Kier molecular flexibility index (Phi) is 9.64. The van der Waals surface area contributed by atoms with Crippen molar-refractivity contribution in [1.82, 2.24) is 15.0 Å². The molecule has 7 nitrogen and oxygen atoms in total. The number of fused-ring (bicyclic) bond motifs is 1. The van der Waals surface area contributed by atoms with E-state index in [-0.39, 0.29) is 43.0 Å². The van der Waals surface area contributed by atoms with E-state index in [1.807, 2.05) is 54.7 Å². The minimum Gasteiger partial charge on any atom is -0.871 e. The van der Waals surface area contributed by atoms with Crippen LogP contribution in [0.25, 0.3) is 44.5 Å². The van der Waals surface area contributed by atoms with Crippen LogP contribution in [0.1, 0.15) is 0 Å². The zero-order chi connectivity index (χ0) is 27.9. The van der Waals surface area contributed by atoms with Gasteiger partial charge in [-0.3, -0.25) is 9.97 Å². The molecule has 207 valence electrons. The Morgan fingerprint density at radius 1 is 0.683 bits per heavy atom. The van der Waals surface area contributed by atoms with Crippen LogP contribution in [0.5, 0.6) is 23.0 Å². The molecule has 0 aliphatic carbocycles. The van der Waals surface area contributed by atoms with Crippen LogP contribution in [-0.4, -0.2) is 34.3 Å². The van der Waals surface area contributed by atoms with Gasteiger partial charge in [0.15, 0.2) is 0 Å². The molecular weight excluding hydrogens is 695 g/mol. The number of benzene rings is 3. The molecule has 6 rings (SSSR count). The fraction of sp³-hybridized carbons (Fsp3) is 0.0606. The normalized spacial score (nSPS) is 10.2. The predicted molar refractivity (Wildman–Crippen MR) is 153 cm³/mol. The first-order chi connectivity index (χ1) is 19.6. The maximum atomic E-state index is 11.4. The van der Waals surface area contributed by atoms with E-state index in [0.717, 1.165) is 39.3 Å². The summed E-state index contributed by atoms with van der Waals surface area (Å²) in [6.45, 7) is 0. The number of pyridine rings is 3. The zero-order valence-corrected chi connectivity index (χ0v) is 24.6. The second-order valence-corrected chi connectivity index (χ2v) is 8.69. The van der Waals surface area contributed by atoms with Gasteiger partial charge in [0, 0.05) is 44.8 Å². The van der Waals surface area contributed by atoms with Crippen molar-refractivity contribution in [3.05, 3.63) is 116 Å². The van der Waals surface area contributed by atoms with Gasteiger partial charge >= 0.3 is 0 Å². The molecule has 1 radical (unpaired) electrons. The first-order valence-electron chi connectivity index (χ1n) is 12.4. The molecule has 0 bridgehead atoms. The molecule has 0 unspecified atom stereocenters. The van der Waals surface area contributed by atoms with Crippen molar-refractivity contribution >= 4 is 10.8 Å². The molecule has 8 heteroatoms. The van der Waals surface area contributed by atoms with E-state index in [1.54, 1.807) is 26.4 Å². The van der Waals surface area contributed by atoms with Gasteiger partial charge in [0.05, 0.1) is 19.9 Å². The molecule has 0 amide bonds. The first-order valence-corrected chi connectivity index (χ1v) is 12.4. The monoisotopic (exact) mass is 720 g/mol. The van der Waals surface area contributed by atoms with Crippen molar-refractivity contribution in [1.29, 1.82) is 0 Å². The fourth-order valence-electron chi connectivity index (χ4n) is 4.24. The van der Waals surface area contributed by atoms with E-state index < -0.39 is 0 Å². The molecule has 0 atom stereocenters. The molecule has 0 saturated carbocycles. The van der Waals surface area contributed by atoms with Crippen LogP contribution >= 0.6 is 0 Å². The van der Waals surface area contributed by atoms with Gasteiger partial charge in [-0.25, -0.2) is 0 Å². The number of aromatic nitrogens is 3. The summed E-state index contributed by atoms with van der Waals surface area (Å²) in [7, 11) is 3.31. The quantitative estimate of drug-likeness (QED) is 0.209. The second kappa shape index (κ2) is 13.5. The molecule has 3 aromatic heterocycles. The Balaban J connectivity index is 0.000000219. The standard InChI is InChI=1S/C23H18NO2.C10H8N2O2.Ir/c1-25-20-13-19(14-21(15-20)26-2)17-7-5-8-18(12-17)23-22-9-4-3-6-16(22)10-11-24-23;13-7-3-1-5-11-9(7)10-8(14)4-2-6-12-10;/h3-7,9-15H,1-2H3;1-6,13-14H;/q-1;;/p-1. The molecule has 3 aromatic carbocycles. The van der Waals surface area contributed by atoms with Gasteiger partial charge in [0.1, 0.15) is 22.9 Å². The third-order valence-electron chi connectivity index (χ3n) is 6.20. The maximum absolute atomic E-state index is 11.4. The molecule has 0 aliphatic rings. The molecule has 6 aromatic rings. The predicted octanol–water partition coefficient (Wildman–Crippen LogP) is 6.31. The summed E-state index contributed by atoms with van der Waals surface area (Å²) in [6, 6.07) is 31.5. The van der Waals surface area contributed by atoms with Crippen LogP contribution in [0.4, 0.5) is 0 Å². The number of rotatable bonds is 5. The summed E-state index contributed by atoms with van der Waals surface area (Å²) >= 11 is 0. The maximum Gasteiger partial charge on any atom is 0.143 e. The molecule has 1 N–H and O–H groups in total. The number of hydrogen-bond acceptors (Lipinski definition) is 7. The number of aromatic hydroxyl groups is 1. The minimum absolute atomic E-state index is 0. The van der Waals surface area contributed by atoms with Crippen LogP contribution in [-0.2, 0) is 20.1 Å². The summed E-state index contributed by atoms with van der Waals surface area (Å²) in [5, 5.41) is 23.1. The van der Waals surface area contributed by atoms with Crippen LogP contribution in [0, 0.1) is 6.07 Å². The Hall–Kier alpha value is -4.78. The van der Waals surface area contributed by atoms with Gasteiger partial charge in [-0.2, -0.15) is 0 Å².